The fourth-order valence-electron chi connectivity index (χ4n) is 0.419. The molecule has 0 aliphatic rings. The van der Waals surface area contributed by atoms with Crippen LogP contribution in [0.25, 0.3) is 0 Å². The van der Waals surface area contributed by atoms with Crippen molar-refractivity contribution in [2.45, 2.75) is 5.03 Å². The van der Waals surface area contributed by atoms with Crippen molar-refractivity contribution in [2.24, 2.45) is 0 Å². The third-order valence-corrected chi connectivity index (χ3v) is 1.54. The van der Waals surface area contributed by atoms with Crippen molar-refractivity contribution in [1.29, 1.82) is 0 Å². The summed E-state index contributed by atoms with van der Waals surface area (Å²) in [6, 6.07) is 0. The van der Waals surface area contributed by atoms with E-state index < -0.39 is 15.1 Å². The van der Waals surface area contributed by atoms with Crippen LogP contribution in [-0.2, 0) is 10.1 Å². The number of halogens is 1. The molecule has 0 aromatic carbocycles. The van der Waals surface area contributed by atoms with Crippen molar-refractivity contribution in [3.05, 3.63) is 18.6 Å². The van der Waals surface area contributed by atoms with Crippen LogP contribution >= 0.6 is 12.4 Å². The van der Waals surface area contributed by atoms with Crippen molar-refractivity contribution < 1.29 is 13.0 Å². The van der Waals surface area contributed by atoms with Crippen molar-refractivity contribution in [2.75, 3.05) is 0 Å². The van der Waals surface area contributed by atoms with E-state index >= 15 is 0 Å². The molecule has 5 nitrogen and oxygen atoms in total. The van der Waals surface area contributed by atoms with Gasteiger partial charge >= 0.3 is 10.1 Å². The second kappa shape index (κ2) is 3.61. The Balaban J connectivity index is 0.000001000. The van der Waals surface area contributed by atoms with Gasteiger partial charge in [0, 0.05) is 12.4 Å². The lowest BCUT2D eigenvalue weighted by Crippen LogP contribution is -2.00. The minimum absolute atomic E-state index is 0. The van der Waals surface area contributed by atoms with E-state index in [1.54, 1.807) is 0 Å². The molecular formula is C4H5ClN2O3S. The van der Waals surface area contributed by atoms with Crippen LogP contribution in [0.4, 0.5) is 0 Å². The molecule has 0 fully saturated rings. The second-order valence-corrected chi connectivity index (χ2v) is 2.89. The summed E-state index contributed by atoms with van der Waals surface area (Å²) < 4.78 is 28.9. The van der Waals surface area contributed by atoms with Gasteiger partial charge in [-0.1, -0.05) is 0 Å². The zero-order chi connectivity index (χ0) is 7.61. The zero-order valence-corrected chi connectivity index (χ0v) is 6.84. The predicted octanol–water partition coefficient (Wildman–Crippen LogP) is 0.145. The summed E-state index contributed by atoms with van der Waals surface area (Å²) in [7, 11) is -4.18. The number of aromatic nitrogens is 2. The number of nitrogens with zero attached hydrogens (tertiary/aromatic N) is 2. The Morgan fingerprint density at radius 2 is 2.00 bits per heavy atom. The van der Waals surface area contributed by atoms with Crippen LogP contribution in [0.2, 0.25) is 0 Å². The maximum atomic E-state index is 10.3. The van der Waals surface area contributed by atoms with Gasteiger partial charge in [0.25, 0.3) is 0 Å². The summed E-state index contributed by atoms with van der Waals surface area (Å²) in [4.78, 5) is 6.80. The van der Waals surface area contributed by atoms with Gasteiger partial charge in [-0.2, -0.15) is 8.42 Å². The highest BCUT2D eigenvalue weighted by atomic mass is 35.5. The Morgan fingerprint density at radius 1 is 1.36 bits per heavy atom. The molecule has 0 saturated heterocycles. The van der Waals surface area contributed by atoms with E-state index in [0.717, 1.165) is 6.20 Å². The van der Waals surface area contributed by atoms with Crippen molar-refractivity contribution in [3.8, 4) is 0 Å². The highest BCUT2D eigenvalue weighted by molar-refractivity contribution is 7.85. The third-order valence-electron chi connectivity index (χ3n) is 0.804. The molecule has 0 aliphatic heterocycles. The third kappa shape index (κ3) is 2.79. The first kappa shape index (κ1) is 10.3. The smallest absolute Gasteiger partial charge is 0.281 e. The van der Waals surface area contributed by atoms with Gasteiger partial charge in [-0.25, -0.2) is 4.98 Å². The number of hydrogen-bond acceptors (Lipinski definition) is 4. The minimum Gasteiger partial charge on any atom is -0.281 e. The first-order valence-corrected chi connectivity index (χ1v) is 3.78. The Hall–Kier alpha value is -0.720. The number of hydrogen-bond donors (Lipinski definition) is 1. The lowest BCUT2D eigenvalue weighted by atomic mass is 10.8. The maximum absolute atomic E-state index is 10.3. The van der Waals surface area contributed by atoms with Crippen LogP contribution in [-0.4, -0.2) is 22.9 Å². The molecule has 0 spiro atoms. The van der Waals surface area contributed by atoms with Gasteiger partial charge in [-0.15, -0.1) is 12.4 Å². The maximum Gasteiger partial charge on any atom is 0.313 e. The average Bonchev–Trinajstić information content (AvgIpc) is 1.88. The monoisotopic (exact) mass is 196 g/mol. The fourth-order valence-corrected chi connectivity index (χ4v) is 0.807. The Morgan fingerprint density at radius 3 is 2.27 bits per heavy atom. The highest BCUT2D eigenvalue weighted by Crippen LogP contribution is 1.98. The average molecular weight is 197 g/mol. The summed E-state index contributed by atoms with van der Waals surface area (Å²) in [5.74, 6) is 0. The second-order valence-electron chi connectivity index (χ2n) is 1.52. The molecule has 62 valence electrons. The molecule has 1 N–H and O–H groups in total. The molecule has 0 atom stereocenters. The largest absolute Gasteiger partial charge is 0.313 e. The first-order chi connectivity index (χ1) is 4.61. The Labute approximate surface area is 69.7 Å². The molecule has 0 bridgehead atoms. The summed E-state index contributed by atoms with van der Waals surface area (Å²) in [6.07, 6.45) is 3.47. The van der Waals surface area contributed by atoms with Gasteiger partial charge in [0.1, 0.15) is 0 Å². The van der Waals surface area contributed by atoms with Gasteiger partial charge in [0.2, 0.25) is 5.03 Å². The molecule has 1 aromatic heterocycles. The van der Waals surface area contributed by atoms with Crippen LogP contribution in [0.15, 0.2) is 23.6 Å². The lowest BCUT2D eigenvalue weighted by Gasteiger charge is -1.90. The van der Waals surface area contributed by atoms with Gasteiger partial charge in [-0.3, -0.25) is 9.54 Å². The molecule has 0 saturated carbocycles. The molecular weight excluding hydrogens is 192 g/mol. The molecule has 11 heavy (non-hydrogen) atoms. The topological polar surface area (TPSA) is 80.2 Å². The fraction of sp³-hybridized carbons (Fsp3) is 0. The Kier molecular flexibility index (Phi) is 3.37. The molecule has 0 amide bonds. The minimum atomic E-state index is -4.18. The van der Waals surface area contributed by atoms with E-state index in [4.69, 9.17) is 4.55 Å². The summed E-state index contributed by atoms with van der Waals surface area (Å²) >= 11 is 0. The number of rotatable bonds is 1. The van der Waals surface area contributed by atoms with E-state index in [9.17, 15) is 8.42 Å². The summed E-state index contributed by atoms with van der Waals surface area (Å²) in [6.45, 7) is 0. The van der Waals surface area contributed by atoms with Crippen LogP contribution in [0.5, 0.6) is 0 Å². The molecule has 0 unspecified atom stereocenters. The first-order valence-electron chi connectivity index (χ1n) is 2.34. The van der Waals surface area contributed by atoms with Crippen molar-refractivity contribution in [3.63, 3.8) is 0 Å². The Bertz CT molecular complexity index is 311. The molecule has 1 aromatic rings. The van der Waals surface area contributed by atoms with E-state index in [1.165, 1.54) is 12.4 Å². The van der Waals surface area contributed by atoms with E-state index in [0.29, 0.717) is 0 Å². The molecule has 7 heteroatoms. The van der Waals surface area contributed by atoms with Gasteiger partial charge < -0.3 is 0 Å². The van der Waals surface area contributed by atoms with E-state index in [2.05, 4.69) is 9.97 Å². The molecule has 0 radical (unpaired) electrons. The van der Waals surface area contributed by atoms with Crippen LogP contribution in [0.3, 0.4) is 0 Å². The van der Waals surface area contributed by atoms with Gasteiger partial charge in [-0.05, 0) is 0 Å². The van der Waals surface area contributed by atoms with Crippen LogP contribution < -0.4 is 0 Å². The standard InChI is InChI=1S/C4H4N2O3S.ClH/c7-10(8,9)4-3-5-1-2-6-4;/h1-3H,(H,7,8,9);1H. The normalized spacial score (nSPS) is 10.3. The van der Waals surface area contributed by atoms with Crippen molar-refractivity contribution >= 4 is 22.5 Å². The molecule has 0 aliphatic carbocycles. The van der Waals surface area contributed by atoms with Crippen LogP contribution in [0.1, 0.15) is 0 Å². The zero-order valence-electron chi connectivity index (χ0n) is 5.21. The quantitative estimate of drug-likeness (QED) is 0.647. The van der Waals surface area contributed by atoms with Crippen molar-refractivity contribution in [1.82, 2.24) is 9.97 Å². The summed E-state index contributed by atoms with van der Waals surface area (Å²) in [5.41, 5.74) is 0. The lowest BCUT2D eigenvalue weighted by molar-refractivity contribution is 0.478. The molecule has 1 heterocycles. The highest BCUT2D eigenvalue weighted by Gasteiger charge is 2.09. The van der Waals surface area contributed by atoms with E-state index in [-0.39, 0.29) is 12.4 Å². The van der Waals surface area contributed by atoms with Gasteiger partial charge in [0.15, 0.2) is 0 Å². The van der Waals surface area contributed by atoms with Crippen LogP contribution in [0, 0.1) is 0 Å². The summed E-state index contributed by atoms with van der Waals surface area (Å²) in [5, 5.41) is -0.435. The van der Waals surface area contributed by atoms with E-state index in [1.807, 2.05) is 0 Å². The SMILES string of the molecule is Cl.O=S(=O)(O)c1cnccn1. The van der Waals surface area contributed by atoms with Gasteiger partial charge in [0.05, 0.1) is 6.20 Å². The molecule has 1 rings (SSSR count). The predicted molar refractivity (Wildman–Crippen MR) is 39.1 cm³/mol.